The van der Waals surface area contributed by atoms with Crippen molar-refractivity contribution in [2.24, 2.45) is 0 Å². The Morgan fingerprint density at radius 2 is 2.11 bits per heavy atom. The standard InChI is InChI=1S/C15H20N2O2/c1-4-17-13(9-11(2)16-17)10-19-15-8-6-5-7-14(15)12(3)18/h5-9,12,18H,4,10H2,1-3H3/t12-/m0/s1. The Kier molecular flexibility index (Phi) is 4.22. The van der Waals surface area contributed by atoms with Crippen LogP contribution in [0.5, 0.6) is 5.75 Å². The third-order valence-electron chi connectivity index (χ3n) is 3.03. The van der Waals surface area contributed by atoms with Gasteiger partial charge in [-0.3, -0.25) is 4.68 Å². The van der Waals surface area contributed by atoms with Crippen molar-refractivity contribution in [2.45, 2.75) is 40.0 Å². The van der Waals surface area contributed by atoms with Crippen LogP contribution in [0.1, 0.15) is 36.9 Å². The van der Waals surface area contributed by atoms with E-state index in [9.17, 15) is 5.11 Å². The Morgan fingerprint density at radius 3 is 2.79 bits per heavy atom. The van der Waals surface area contributed by atoms with Crippen LogP contribution in [0.25, 0.3) is 0 Å². The molecule has 1 atom stereocenters. The molecule has 1 aromatic carbocycles. The molecule has 0 saturated heterocycles. The van der Waals surface area contributed by atoms with Crippen LogP contribution in [0.2, 0.25) is 0 Å². The molecule has 0 aliphatic carbocycles. The summed E-state index contributed by atoms with van der Waals surface area (Å²) >= 11 is 0. The van der Waals surface area contributed by atoms with E-state index in [0.717, 1.165) is 29.2 Å². The highest BCUT2D eigenvalue weighted by atomic mass is 16.5. The van der Waals surface area contributed by atoms with Gasteiger partial charge in [0.15, 0.2) is 0 Å². The first kappa shape index (κ1) is 13.6. The third kappa shape index (κ3) is 3.15. The van der Waals surface area contributed by atoms with Crippen molar-refractivity contribution < 1.29 is 9.84 Å². The highest BCUT2D eigenvalue weighted by Gasteiger charge is 2.10. The lowest BCUT2D eigenvalue weighted by atomic mass is 10.1. The van der Waals surface area contributed by atoms with Crippen LogP contribution in [0.4, 0.5) is 0 Å². The van der Waals surface area contributed by atoms with Crippen molar-refractivity contribution in [3.8, 4) is 5.75 Å². The Balaban J connectivity index is 2.14. The van der Waals surface area contributed by atoms with Gasteiger partial charge in [0.25, 0.3) is 0 Å². The lowest BCUT2D eigenvalue weighted by molar-refractivity contribution is 0.189. The minimum absolute atomic E-state index is 0.457. The summed E-state index contributed by atoms with van der Waals surface area (Å²) in [4.78, 5) is 0. The van der Waals surface area contributed by atoms with Crippen LogP contribution in [-0.4, -0.2) is 14.9 Å². The van der Waals surface area contributed by atoms with Crippen molar-refractivity contribution in [2.75, 3.05) is 0 Å². The van der Waals surface area contributed by atoms with Crippen LogP contribution in [0.15, 0.2) is 30.3 Å². The van der Waals surface area contributed by atoms with Gasteiger partial charge in [0.1, 0.15) is 12.4 Å². The van der Waals surface area contributed by atoms with Crippen molar-refractivity contribution in [3.63, 3.8) is 0 Å². The zero-order chi connectivity index (χ0) is 13.8. The molecular formula is C15H20N2O2. The van der Waals surface area contributed by atoms with E-state index in [4.69, 9.17) is 4.74 Å². The fourth-order valence-electron chi connectivity index (χ4n) is 2.10. The zero-order valence-corrected chi connectivity index (χ0v) is 11.6. The van der Waals surface area contributed by atoms with E-state index in [0.29, 0.717) is 6.61 Å². The molecule has 2 aromatic rings. The van der Waals surface area contributed by atoms with Gasteiger partial charge in [-0.1, -0.05) is 18.2 Å². The molecule has 0 spiro atoms. The molecule has 1 heterocycles. The van der Waals surface area contributed by atoms with E-state index in [2.05, 4.69) is 12.0 Å². The summed E-state index contributed by atoms with van der Waals surface area (Å²) in [7, 11) is 0. The van der Waals surface area contributed by atoms with E-state index in [1.807, 2.05) is 41.9 Å². The van der Waals surface area contributed by atoms with Gasteiger partial charge in [-0.15, -0.1) is 0 Å². The molecule has 2 rings (SSSR count). The average Bonchev–Trinajstić information content (AvgIpc) is 2.77. The van der Waals surface area contributed by atoms with Crippen molar-refractivity contribution >= 4 is 0 Å². The maximum atomic E-state index is 9.71. The van der Waals surface area contributed by atoms with Gasteiger partial charge in [-0.05, 0) is 32.9 Å². The number of rotatable bonds is 5. The van der Waals surface area contributed by atoms with Gasteiger partial charge >= 0.3 is 0 Å². The molecular weight excluding hydrogens is 240 g/mol. The van der Waals surface area contributed by atoms with Crippen LogP contribution in [0, 0.1) is 6.92 Å². The number of hydrogen-bond donors (Lipinski definition) is 1. The summed E-state index contributed by atoms with van der Waals surface area (Å²) in [6.45, 7) is 7.05. The van der Waals surface area contributed by atoms with E-state index in [1.54, 1.807) is 6.92 Å². The number of para-hydroxylation sites is 1. The normalized spacial score (nSPS) is 12.4. The molecule has 0 fully saturated rings. The molecule has 0 radical (unpaired) electrons. The van der Waals surface area contributed by atoms with Crippen LogP contribution >= 0.6 is 0 Å². The van der Waals surface area contributed by atoms with Crippen molar-refractivity contribution in [1.29, 1.82) is 0 Å². The number of ether oxygens (including phenoxy) is 1. The van der Waals surface area contributed by atoms with Gasteiger partial charge in [0.2, 0.25) is 0 Å². The second-order valence-corrected chi connectivity index (χ2v) is 4.60. The molecule has 4 heteroatoms. The molecule has 19 heavy (non-hydrogen) atoms. The van der Waals surface area contributed by atoms with Gasteiger partial charge in [-0.25, -0.2) is 0 Å². The first-order chi connectivity index (χ1) is 9.11. The predicted octanol–water partition coefficient (Wildman–Crippen LogP) is 2.84. The summed E-state index contributed by atoms with van der Waals surface area (Å²) in [5, 5.41) is 14.1. The number of benzene rings is 1. The predicted molar refractivity (Wildman–Crippen MR) is 74.0 cm³/mol. The molecule has 0 aliphatic heterocycles. The van der Waals surface area contributed by atoms with Gasteiger partial charge in [0, 0.05) is 12.1 Å². The Hall–Kier alpha value is -1.81. The summed E-state index contributed by atoms with van der Waals surface area (Å²) in [6, 6.07) is 9.58. The molecule has 1 aromatic heterocycles. The lowest BCUT2D eigenvalue weighted by Gasteiger charge is -2.13. The minimum Gasteiger partial charge on any atom is -0.487 e. The highest BCUT2D eigenvalue weighted by molar-refractivity contribution is 5.34. The highest BCUT2D eigenvalue weighted by Crippen LogP contribution is 2.25. The van der Waals surface area contributed by atoms with Crippen LogP contribution < -0.4 is 4.74 Å². The topological polar surface area (TPSA) is 47.3 Å². The Bertz CT molecular complexity index is 547. The molecule has 0 unspecified atom stereocenters. The number of aliphatic hydroxyl groups excluding tert-OH is 1. The van der Waals surface area contributed by atoms with Gasteiger partial charge in [-0.2, -0.15) is 5.10 Å². The smallest absolute Gasteiger partial charge is 0.130 e. The second kappa shape index (κ2) is 5.89. The number of hydrogen-bond acceptors (Lipinski definition) is 3. The average molecular weight is 260 g/mol. The first-order valence-electron chi connectivity index (χ1n) is 6.55. The lowest BCUT2D eigenvalue weighted by Crippen LogP contribution is -2.07. The Labute approximate surface area is 113 Å². The quantitative estimate of drug-likeness (QED) is 0.899. The maximum Gasteiger partial charge on any atom is 0.130 e. The van der Waals surface area contributed by atoms with Gasteiger partial charge in [0.05, 0.1) is 17.5 Å². The van der Waals surface area contributed by atoms with E-state index < -0.39 is 6.10 Å². The molecule has 102 valence electrons. The van der Waals surface area contributed by atoms with E-state index >= 15 is 0 Å². The van der Waals surface area contributed by atoms with Crippen molar-refractivity contribution in [1.82, 2.24) is 9.78 Å². The molecule has 1 N–H and O–H groups in total. The van der Waals surface area contributed by atoms with Crippen LogP contribution in [0.3, 0.4) is 0 Å². The molecule has 4 nitrogen and oxygen atoms in total. The largest absolute Gasteiger partial charge is 0.487 e. The van der Waals surface area contributed by atoms with E-state index in [-0.39, 0.29) is 0 Å². The van der Waals surface area contributed by atoms with E-state index in [1.165, 1.54) is 0 Å². The fraction of sp³-hybridized carbons (Fsp3) is 0.400. The number of aromatic nitrogens is 2. The first-order valence-corrected chi connectivity index (χ1v) is 6.55. The summed E-state index contributed by atoms with van der Waals surface area (Å²) in [6.07, 6.45) is -0.533. The minimum atomic E-state index is -0.533. The summed E-state index contributed by atoms with van der Waals surface area (Å²) in [5.74, 6) is 0.721. The summed E-state index contributed by atoms with van der Waals surface area (Å²) < 4.78 is 7.75. The molecule has 0 aliphatic rings. The monoisotopic (exact) mass is 260 g/mol. The molecule has 0 amide bonds. The SMILES string of the molecule is CCn1nc(C)cc1COc1ccccc1[C@H](C)O. The third-order valence-corrected chi connectivity index (χ3v) is 3.03. The maximum absolute atomic E-state index is 9.71. The summed E-state index contributed by atoms with van der Waals surface area (Å²) in [5.41, 5.74) is 2.84. The Morgan fingerprint density at radius 1 is 1.37 bits per heavy atom. The van der Waals surface area contributed by atoms with Crippen LogP contribution in [-0.2, 0) is 13.2 Å². The fourth-order valence-corrected chi connectivity index (χ4v) is 2.10. The second-order valence-electron chi connectivity index (χ2n) is 4.60. The molecule has 0 saturated carbocycles. The van der Waals surface area contributed by atoms with Gasteiger partial charge < -0.3 is 9.84 Å². The number of aryl methyl sites for hydroxylation is 2. The number of nitrogens with zero attached hydrogens (tertiary/aromatic N) is 2. The zero-order valence-electron chi connectivity index (χ0n) is 11.6. The number of aliphatic hydroxyl groups is 1. The van der Waals surface area contributed by atoms with Crippen molar-refractivity contribution in [3.05, 3.63) is 47.3 Å². The molecule has 0 bridgehead atoms.